The Morgan fingerprint density at radius 3 is 2.10 bits per heavy atom. The molecule has 10 aromatic rings. The highest BCUT2D eigenvalue weighted by molar-refractivity contribution is 7.25. The third-order valence-electron chi connectivity index (χ3n) is 9.69. The molecule has 0 saturated heterocycles. The molecule has 0 aliphatic rings. The first-order chi connectivity index (χ1) is 24.7. The van der Waals surface area contributed by atoms with E-state index in [0.717, 1.165) is 61.3 Å². The number of furan rings is 1. The highest BCUT2D eigenvalue weighted by Crippen LogP contribution is 2.49. The molecule has 50 heavy (non-hydrogen) atoms. The Labute approximate surface area is 298 Å². The van der Waals surface area contributed by atoms with Crippen LogP contribution in [0.5, 0.6) is 0 Å². The van der Waals surface area contributed by atoms with Gasteiger partial charge in [0.2, 0.25) is 0 Å². The monoisotopic (exact) mass is 677 g/mol. The summed E-state index contributed by atoms with van der Waals surface area (Å²) in [6, 6.07) is 60.1. The Balaban J connectivity index is 1.32. The van der Waals surface area contributed by atoms with Crippen LogP contribution in [0.4, 0.5) is 17.1 Å². The van der Waals surface area contributed by atoms with E-state index in [9.17, 15) is 0 Å². The van der Waals surface area contributed by atoms with E-state index in [1.807, 2.05) is 23.5 Å². The van der Waals surface area contributed by atoms with Crippen molar-refractivity contribution in [3.8, 4) is 22.3 Å². The van der Waals surface area contributed by atoms with Gasteiger partial charge in [-0.05, 0) is 82.1 Å². The van der Waals surface area contributed by atoms with Gasteiger partial charge in [-0.2, -0.15) is 0 Å². The number of hydrogen-bond acceptors (Lipinski definition) is 3. The molecule has 8 aromatic carbocycles. The summed E-state index contributed by atoms with van der Waals surface area (Å²) in [6.07, 6.45) is 0. The van der Waals surface area contributed by atoms with Crippen molar-refractivity contribution in [1.29, 1.82) is 0 Å². The predicted molar refractivity (Wildman–Crippen MR) is 215 cm³/mol. The molecule has 0 bridgehead atoms. The molecule has 2 aromatic heterocycles. The van der Waals surface area contributed by atoms with Crippen LogP contribution in [-0.4, -0.2) is 0 Å². The third kappa shape index (κ3) is 4.70. The maximum atomic E-state index is 7.12. The Bertz CT molecular complexity index is 2900. The van der Waals surface area contributed by atoms with Crippen molar-refractivity contribution < 1.29 is 4.42 Å². The SMILES string of the molecule is Clc1cc(-c2cccc3ccccc23)cc(N(c2ccc3sc4ccccc4c3c2)c2c(-c3ccccc3)ccc3c2oc2ccccc23)c1. The van der Waals surface area contributed by atoms with E-state index < -0.39 is 0 Å². The number of fused-ring (bicyclic) bond motifs is 7. The molecule has 0 aliphatic heterocycles. The topological polar surface area (TPSA) is 16.4 Å². The lowest BCUT2D eigenvalue weighted by Crippen LogP contribution is -2.12. The van der Waals surface area contributed by atoms with Crippen molar-refractivity contribution in [3.05, 3.63) is 175 Å². The van der Waals surface area contributed by atoms with Gasteiger partial charge in [-0.25, -0.2) is 0 Å². The van der Waals surface area contributed by atoms with Crippen molar-refractivity contribution in [1.82, 2.24) is 0 Å². The fraction of sp³-hybridized carbons (Fsp3) is 0. The van der Waals surface area contributed by atoms with Gasteiger partial charge in [0.25, 0.3) is 0 Å². The smallest absolute Gasteiger partial charge is 0.160 e. The zero-order valence-corrected chi connectivity index (χ0v) is 28.4. The molecule has 0 saturated carbocycles. The molecule has 4 heteroatoms. The first-order valence-electron chi connectivity index (χ1n) is 16.7. The number of rotatable bonds is 5. The molecule has 0 spiro atoms. The summed E-state index contributed by atoms with van der Waals surface area (Å²) in [5.41, 5.74) is 8.99. The number of thiophene rings is 1. The van der Waals surface area contributed by atoms with Gasteiger partial charge in [0, 0.05) is 52.9 Å². The van der Waals surface area contributed by atoms with Crippen LogP contribution in [0.15, 0.2) is 174 Å². The molecule has 0 radical (unpaired) electrons. The van der Waals surface area contributed by atoms with Gasteiger partial charge < -0.3 is 9.32 Å². The first-order valence-corrected chi connectivity index (χ1v) is 17.9. The zero-order chi connectivity index (χ0) is 33.2. The minimum Gasteiger partial charge on any atom is -0.454 e. The van der Waals surface area contributed by atoms with Gasteiger partial charge in [0.05, 0.1) is 5.69 Å². The largest absolute Gasteiger partial charge is 0.454 e. The minimum absolute atomic E-state index is 0.663. The number of halogens is 1. The number of hydrogen-bond donors (Lipinski definition) is 0. The van der Waals surface area contributed by atoms with Crippen LogP contribution in [0.2, 0.25) is 5.02 Å². The number of benzene rings is 8. The van der Waals surface area contributed by atoms with Gasteiger partial charge in [-0.3, -0.25) is 0 Å². The van der Waals surface area contributed by atoms with Crippen LogP contribution < -0.4 is 4.90 Å². The normalized spacial score (nSPS) is 11.7. The summed E-state index contributed by atoms with van der Waals surface area (Å²) >= 11 is 8.94. The second-order valence-electron chi connectivity index (χ2n) is 12.6. The quantitative estimate of drug-likeness (QED) is 0.180. The van der Waals surface area contributed by atoms with E-state index in [2.05, 4.69) is 163 Å². The number of para-hydroxylation sites is 1. The van der Waals surface area contributed by atoms with Crippen molar-refractivity contribution in [3.63, 3.8) is 0 Å². The molecular formula is C46H28ClNOS. The highest BCUT2D eigenvalue weighted by atomic mass is 35.5. The molecule has 0 atom stereocenters. The third-order valence-corrected chi connectivity index (χ3v) is 11.1. The van der Waals surface area contributed by atoms with Crippen LogP contribution in [0.1, 0.15) is 0 Å². The van der Waals surface area contributed by atoms with E-state index in [0.29, 0.717) is 5.02 Å². The maximum Gasteiger partial charge on any atom is 0.160 e. The Morgan fingerprint density at radius 1 is 0.460 bits per heavy atom. The Morgan fingerprint density at radius 2 is 1.20 bits per heavy atom. The molecule has 236 valence electrons. The van der Waals surface area contributed by atoms with E-state index >= 15 is 0 Å². The summed E-state index contributed by atoms with van der Waals surface area (Å²) < 4.78 is 9.37. The Kier molecular flexibility index (Phi) is 6.76. The van der Waals surface area contributed by atoms with Crippen LogP contribution in [-0.2, 0) is 0 Å². The van der Waals surface area contributed by atoms with E-state index in [1.54, 1.807) is 0 Å². The minimum atomic E-state index is 0.663. The maximum absolute atomic E-state index is 7.12. The lowest BCUT2D eigenvalue weighted by Gasteiger charge is -2.29. The van der Waals surface area contributed by atoms with Gasteiger partial charge in [0.1, 0.15) is 5.58 Å². The number of nitrogens with zero attached hydrogens (tertiary/aromatic N) is 1. The average molecular weight is 678 g/mol. The van der Waals surface area contributed by atoms with Crippen molar-refractivity contribution in [2.75, 3.05) is 4.90 Å². The van der Waals surface area contributed by atoms with E-state index in [4.69, 9.17) is 16.0 Å². The predicted octanol–water partition coefficient (Wildman–Crippen LogP) is 14.6. The molecule has 2 heterocycles. The lowest BCUT2D eigenvalue weighted by atomic mass is 9.96. The summed E-state index contributed by atoms with van der Waals surface area (Å²) in [7, 11) is 0. The van der Waals surface area contributed by atoms with Crippen LogP contribution >= 0.6 is 22.9 Å². The fourth-order valence-corrected chi connectivity index (χ4v) is 8.76. The molecular weight excluding hydrogens is 650 g/mol. The summed E-state index contributed by atoms with van der Waals surface area (Å²) in [5, 5.41) is 7.67. The zero-order valence-electron chi connectivity index (χ0n) is 26.8. The van der Waals surface area contributed by atoms with E-state index in [-0.39, 0.29) is 0 Å². The lowest BCUT2D eigenvalue weighted by molar-refractivity contribution is 0.669. The number of anilines is 3. The molecule has 0 fully saturated rings. The summed E-state index contributed by atoms with van der Waals surface area (Å²) in [6.45, 7) is 0. The summed E-state index contributed by atoms with van der Waals surface area (Å²) in [5.74, 6) is 0. The van der Waals surface area contributed by atoms with Crippen LogP contribution in [0, 0.1) is 0 Å². The van der Waals surface area contributed by atoms with Gasteiger partial charge >= 0.3 is 0 Å². The second-order valence-corrected chi connectivity index (χ2v) is 14.2. The Hall–Kier alpha value is -5.87. The van der Waals surface area contributed by atoms with Crippen LogP contribution in [0.3, 0.4) is 0 Å². The molecule has 0 aliphatic carbocycles. The summed E-state index contributed by atoms with van der Waals surface area (Å²) in [4.78, 5) is 2.35. The van der Waals surface area contributed by atoms with Crippen LogP contribution in [0.25, 0.3) is 75.1 Å². The second kappa shape index (κ2) is 11.6. The van der Waals surface area contributed by atoms with Crippen molar-refractivity contribution >= 4 is 92.9 Å². The standard InChI is InChI=1S/C46H28ClNOS/c47-32-25-31(36-18-10-14-29-13-4-5-15-35(29)36)26-34(27-32)48(33-21-24-44-41(28-33)39-17-7-9-20-43(39)50-44)45-37(30-11-2-1-3-12-30)22-23-40-38-16-6-8-19-42(38)49-46(40)45/h1-28H. The van der Waals surface area contributed by atoms with Crippen molar-refractivity contribution in [2.45, 2.75) is 0 Å². The molecule has 10 rings (SSSR count). The van der Waals surface area contributed by atoms with Gasteiger partial charge in [0.15, 0.2) is 5.58 Å². The average Bonchev–Trinajstić information content (AvgIpc) is 3.73. The van der Waals surface area contributed by atoms with Gasteiger partial charge in [-0.1, -0.05) is 127 Å². The van der Waals surface area contributed by atoms with E-state index in [1.165, 1.54) is 30.9 Å². The van der Waals surface area contributed by atoms with Crippen molar-refractivity contribution in [2.24, 2.45) is 0 Å². The molecule has 2 nitrogen and oxygen atoms in total. The molecule has 0 unspecified atom stereocenters. The molecule has 0 amide bonds. The first kappa shape index (κ1) is 29.1. The molecule has 0 N–H and O–H groups in total. The fourth-order valence-electron chi connectivity index (χ4n) is 7.44. The van der Waals surface area contributed by atoms with Gasteiger partial charge in [-0.15, -0.1) is 11.3 Å². The highest BCUT2D eigenvalue weighted by Gasteiger charge is 2.25.